The van der Waals surface area contributed by atoms with Crippen LogP contribution in [0.15, 0.2) is 72.8 Å². The first-order valence-electron chi connectivity index (χ1n) is 10.9. The Bertz CT molecular complexity index is 1530. The van der Waals surface area contributed by atoms with Crippen molar-refractivity contribution >= 4 is 50.2 Å². The number of fused-ring (bicyclic) bond motifs is 3. The van der Waals surface area contributed by atoms with Crippen molar-refractivity contribution in [2.24, 2.45) is 14.1 Å². The molecule has 0 radical (unpaired) electrons. The second-order valence-electron chi connectivity index (χ2n) is 8.56. The Morgan fingerprint density at radius 2 is 1.29 bits per heavy atom. The van der Waals surface area contributed by atoms with Crippen molar-refractivity contribution in [2.75, 3.05) is 22.5 Å². The van der Waals surface area contributed by atoms with E-state index < -0.39 is 0 Å². The highest BCUT2D eigenvalue weighted by atomic mass is 79.9. The molecular weight excluding hydrogens is 568 g/mol. The molecule has 0 aliphatic carbocycles. The first-order chi connectivity index (χ1) is 15.8. The summed E-state index contributed by atoms with van der Waals surface area (Å²) in [5.74, 6) is 0.704. The van der Waals surface area contributed by atoms with Gasteiger partial charge in [0.2, 0.25) is 11.2 Å². The molecule has 0 aliphatic heterocycles. The number of aryl methyl sites for hydroxylation is 2. The van der Waals surface area contributed by atoms with Gasteiger partial charge in [0, 0.05) is 40.1 Å². The predicted molar refractivity (Wildman–Crippen MR) is 137 cm³/mol. The van der Waals surface area contributed by atoms with Gasteiger partial charge in [0.15, 0.2) is 0 Å². The van der Waals surface area contributed by atoms with Crippen molar-refractivity contribution < 1.29 is 43.1 Å². The molecule has 0 fully saturated rings. The maximum absolute atomic E-state index is 6.17. The Hall–Kier alpha value is -3.36. The molecule has 5 aromatic rings. The minimum atomic E-state index is 0. The predicted octanol–water partition coefficient (Wildman–Crippen LogP) is -1.88. The molecule has 0 saturated heterocycles. The fourth-order valence-corrected chi connectivity index (χ4v) is 4.46. The molecule has 6 nitrogen and oxygen atoms in total. The van der Waals surface area contributed by atoms with Crippen molar-refractivity contribution in [3.8, 4) is 11.3 Å². The summed E-state index contributed by atoms with van der Waals surface area (Å²) in [6.45, 7) is 2.04. The molecule has 0 atom stereocenters. The van der Waals surface area contributed by atoms with Crippen LogP contribution in [0.5, 0.6) is 0 Å². The molecule has 180 valence electrons. The van der Waals surface area contributed by atoms with Crippen LogP contribution in [0, 0.1) is 6.92 Å². The lowest BCUT2D eigenvalue weighted by Gasteiger charge is -2.13. The minimum Gasteiger partial charge on any atom is -1.00 e. The SMILES string of the molecule is Cc1cc(Nc2ccc3c(c2)c(-c2ccc(N)cc2)[n+](C)c2cc(N)ccc32)cc(N)[n+]1C.[Br-].[Br-]. The van der Waals surface area contributed by atoms with E-state index in [0.29, 0.717) is 5.82 Å². The number of anilines is 5. The standard InChI is InChI=1S/C27H26N6.2BrH/c1-16-12-21(15-26(30)32(16)2)31-20-9-11-22-23-10-8-19(29)13-25(23)33(3)27(24(22)14-20)17-4-6-18(28)7-5-17;;/h4-15H,1-3H3,(H5,28,29,30,31);2*1H. The minimum absolute atomic E-state index is 0. The smallest absolute Gasteiger partial charge is 0.274 e. The highest BCUT2D eigenvalue weighted by Gasteiger charge is 2.21. The van der Waals surface area contributed by atoms with Crippen molar-refractivity contribution in [3.63, 3.8) is 0 Å². The molecule has 5 rings (SSSR count). The van der Waals surface area contributed by atoms with Gasteiger partial charge in [-0.1, -0.05) is 6.07 Å². The second-order valence-corrected chi connectivity index (χ2v) is 8.56. The third kappa shape index (κ3) is 4.76. The van der Waals surface area contributed by atoms with Gasteiger partial charge in [-0.15, -0.1) is 0 Å². The van der Waals surface area contributed by atoms with Crippen LogP contribution in [0.1, 0.15) is 5.69 Å². The monoisotopic (exact) mass is 594 g/mol. The van der Waals surface area contributed by atoms with Gasteiger partial charge < -0.3 is 50.7 Å². The third-order valence-electron chi connectivity index (χ3n) is 6.34. The van der Waals surface area contributed by atoms with Gasteiger partial charge in [0.1, 0.15) is 12.7 Å². The van der Waals surface area contributed by atoms with E-state index in [1.165, 1.54) is 0 Å². The molecule has 0 bridgehead atoms. The van der Waals surface area contributed by atoms with Gasteiger partial charge >= 0.3 is 0 Å². The largest absolute Gasteiger partial charge is 1.00 e. The molecule has 0 unspecified atom stereocenters. The van der Waals surface area contributed by atoms with Gasteiger partial charge in [-0.2, -0.15) is 4.57 Å². The van der Waals surface area contributed by atoms with E-state index in [4.69, 9.17) is 17.2 Å². The number of nitrogens with one attached hydrogen (secondary N) is 1. The summed E-state index contributed by atoms with van der Waals surface area (Å²) in [7, 11) is 4.04. The van der Waals surface area contributed by atoms with Crippen LogP contribution in [0.4, 0.5) is 28.6 Å². The number of halogens is 2. The summed E-state index contributed by atoms with van der Waals surface area (Å²) in [4.78, 5) is 0. The molecule has 3 aromatic carbocycles. The van der Waals surface area contributed by atoms with E-state index in [1.54, 1.807) is 0 Å². The zero-order valence-electron chi connectivity index (χ0n) is 19.8. The lowest BCUT2D eigenvalue weighted by molar-refractivity contribution is -0.663. The number of pyridine rings is 2. The Morgan fingerprint density at radius 1 is 0.629 bits per heavy atom. The lowest BCUT2D eigenvalue weighted by atomic mass is 9.98. The fraction of sp³-hybridized carbons (Fsp3) is 0.111. The van der Waals surface area contributed by atoms with Crippen LogP contribution in [-0.2, 0) is 14.1 Å². The van der Waals surface area contributed by atoms with Crippen LogP contribution >= 0.6 is 0 Å². The van der Waals surface area contributed by atoms with Gasteiger partial charge in [-0.3, -0.25) is 5.73 Å². The summed E-state index contributed by atoms with van der Waals surface area (Å²) >= 11 is 0. The number of nitrogens with zero attached hydrogens (tertiary/aromatic N) is 2. The fourth-order valence-electron chi connectivity index (χ4n) is 4.46. The summed E-state index contributed by atoms with van der Waals surface area (Å²) in [6.07, 6.45) is 0. The maximum atomic E-state index is 6.17. The number of rotatable bonds is 3. The number of aromatic nitrogens is 2. The van der Waals surface area contributed by atoms with Gasteiger partial charge in [0.05, 0.1) is 29.6 Å². The van der Waals surface area contributed by atoms with Gasteiger partial charge in [-0.05, 0) is 55.5 Å². The van der Waals surface area contributed by atoms with E-state index in [0.717, 1.165) is 61.4 Å². The van der Waals surface area contributed by atoms with Crippen LogP contribution in [0.25, 0.3) is 32.9 Å². The molecule has 0 saturated carbocycles. The molecule has 0 amide bonds. The summed E-state index contributed by atoms with van der Waals surface area (Å²) in [5, 5.41) is 6.98. The van der Waals surface area contributed by atoms with Crippen LogP contribution in [-0.4, -0.2) is 0 Å². The average molecular weight is 596 g/mol. The molecule has 2 aromatic heterocycles. The van der Waals surface area contributed by atoms with E-state index in [-0.39, 0.29) is 34.0 Å². The zero-order valence-corrected chi connectivity index (χ0v) is 23.0. The quantitative estimate of drug-likeness (QED) is 0.111. The highest BCUT2D eigenvalue weighted by Crippen LogP contribution is 2.34. The molecular formula is C27H28Br2N6. The summed E-state index contributed by atoms with van der Waals surface area (Å²) in [5.41, 5.74) is 26.0. The Labute approximate surface area is 225 Å². The van der Waals surface area contributed by atoms with Crippen LogP contribution in [0.2, 0.25) is 0 Å². The van der Waals surface area contributed by atoms with Crippen LogP contribution in [0.3, 0.4) is 0 Å². The molecule has 0 aliphatic rings. The maximum Gasteiger partial charge on any atom is 0.274 e. The highest BCUT2D eigenvalue weighted by molar-refractivity contribution is 6.10. The van der Waals surface area contributed by atoms with Gasteiger partial charge in [-0.25, -0.2) is 4.57 Å². The van der Waals surface area contributed by atoms with Crippen molar-refractivity contribution in [2.45, 2.75) is 6.92 Å². The third-order valence-corrected chi connectivity index (χ3v) is 6.34. The Kier molecular flexibility index (Phi) is 7.57. The van der Waals surface area contributed by atoms with E-state index in [1.807, 2.05) is 48.9 Å². The first-order valence-corrected chi connectivity index (χ1v) is 10.9. The van der Waals surface area contributed by atoms with Crippen molar-refractivity contribution in [1.82, 2.24) is 0 Å². The van der Waals surface area contributed by atoms with E-state index in [9.17, 15) is 0 Å². The molecule has 0 spiro atoms. The van der Waals surface area contributed by atoms with Crippen molar-refractivity contribution in [3.05, 3.63) is 78.5 Å². The zero-order chi connectivity index (χ0) is 23.3. The lowest BCUT2D eigenvalue weighted by Crippen LogP contribution is -3.00. The summed E-state index contributed by atoms with van der Waals surface area (Å²) in [6, 6.07) is 24.5. The Balaban J connectivity index is 0.00000171. The topological polar surface area (TPSA) is 97.8 Å². The van der Waals surface area contributed by atoms with Crippen molar-refractivity contribution in [1.29, 1.82) is 0 Å². The molecule has 2 heterocycles. The first kappa shape index (κ1) is 26.2. The normalized spacial score (nSPS) is 10.6. The Morgan fingerprint density at radius 3 is 1.97 bits per heavy atom. The molecule has 7 N–H and O–H groups in total. The molecule has 8 heteroatoms. The number of nitrogens with two attached hydrogens (primary N) is 3. The second kappa shape index (κ2) is 10.1. The van der Waals surface area contributed by atoms with Crippen LogP contribution < -0.4 is 65.6 Å². The summed E-state index contributed by atoms with van der Waals surface area (Å²) < 4.78 is 4.16. The number of hydrogen-bond acceptors (Lipinski definition) is 4. The number of nitrogen functional groups attached to an aromatic ring is 3. The van der Waals surface area contributed by atoms with E-state index >= 15 is 0 Å². The van der Waals surface area contributed by atoms with E-state index in [2.05, 4.69) is 59.4 Å². The van der Waals surface area contributed by atoms with Gasteiger partial charge in [0.25, 0.3) is 5.82 Å². The number of hydrogen-bond donors (Lipinski definition) is 4. The molecule has 35 heavy (non-hydrogen) atoms. The number of benzene rings is 3. The average Bonchev–Trinajstić information content (AvgIpc) is 2.79.